The number of rotatable bonds is 5. The van der Waals surface area contributed by atoms with Gasteiger partial charge in [-0.3, -0.25) is 4.79 Å². The summed E-state index contributed by atoms with van der Waals surface area (Å²) >= 11 is 0. The molecule has 1 fully saturated rings. The average molecular weight is 336 g/mol. The fourth-order valence-electron chi connectivity index (χ4n) is 2.86. The van der Waals surface area contributed by atoms with Gasteiger partial charge >= 0.3 is 0 Å². The largest absolute Gasteiger partial charge is 0.350 e. The number of aromatic nitrogens is 1. The monoisotopic (exact) mass is 335 g/mol. The van der Waals surface area contributed by atoms with E-state index in [1.165, 1.54) is 0 Å². The topological polar surface area (TPSA) is 58.4 Å². The molecule has 1 N–H and O–H groups in total. The molecule has 2 heterocycles. The predicted octanol–water partition coefficient (Wildman–Crippen LogP) is 2.98. The van der Waals surface area contributed by atoms with Gasteiger partial charge in [0.1, 0.15) is 5.69 Å². The molecule has 1 unspecified atom stereocenters. The molecule has 0 spiro atoms. The van der Waals surface area contributed by atoms with E-state index in [0.29, 0.717) is 11.5 Å². The van der Waals surface area contributed by atoms with Gasteiger partial charge in [-0.1, -0.05) is 42.4 Å². The fraction of sp³-hybridized carbons (Fsp3) is 0.412. The highest BCUT2D eigenvalue weighted by molar-refractivity contribution is 5.92. The van der Waals surface area contributed by atoms with Crippen molar-refractivity contribution in [1.82, 2.24) is 15.4 Å². The van der Waals surface area contributed by atoms with E-state index >= 15 is 0 Å². The molecule has 1 saturated heterocycles. The van der Waals surface area contributed by atoms with Crippen LogP contribution in [0.15, 0.2) is 40.9 Å². The number of amides is 1. The molecule has 0 radical (unpaired) electrons. The lowest BCUT2D eigenvalue weighted by Gasteiger charge is -2.26. The van der Waals surface area contributed by atoms with Crippen LogP contribution in [-0.4, -0.2) is 41.6 Å². The van der Waals surface area contributed by atoms with Crippen molar-refractivity contribution in [3.8, 4) is 11.3 Å². The Kier molecular flexibility index (Phi) is 6.19. The molecular formula is C17H22ClN3O2. The summed E-state index contributed by atoms with van der Waals surface area (Å²) in [5.41, 5.74) is 1.65. The van der Waals surface area contributed by atoms with Gasteiger partial charge in [0.25, 0.3) is 5.91 Å². The second kappa shape index (κ2) is 8.13. The Labute approximate surface area is 142 Å². The molecule has 2 aromatic rings. The summed E-state index contributed by atoms with van der Waals surface area (Å²) in [7, 11) is 0. The van der Waals surface area contributed by atoms with E-state index in [4.69, 9.17) is 4.52 Å². The molecule has 5 nitrogen and oxygen atoms in total. The summed E-state index contributed by atoms with van der Waals surface area (Å²) in [6, 6.07) is 11.7. The van der Waals surface area contributed by atoms with Gasteiger partial charge < -0.3 is 14.7 Å². The second-order valence-electron chi connectivity index (χ2n) is 5.59. The van der Waals surface area contributed by atoms with E-state index in [-0.39, 0.29) is 24.4 Å². The standard InChI is InChI=1S/C17H21N3O2.ClH/c1-2-10-20(14-8-9-18-12-14)17(21)16-11-15(19-22-16)13-6-4-3-5-7-13;/h3-7,11,14,18H,2,8-10,12H2,1H3;1H. The van der Waals surface area contributed by atoms with E-state index in [1.54, 1.807) is 6.07 Å². The maximum absolute atomic E-state index is 12.7. The highest BCUT2D eigenvalue weighted by atomic mass is 35.5. The number of carbonyl (C=O) groups is 1. The smallest absolute Gasteiger partial charge is 0.292 e. The van der Waals surface area contributed by atoms with Crippen molar-refractivity contribution >= 4 is 18.3 Å². The molecule has 0 bridgehead atoms. The third kappa shape index (κ3) is 3.92. The lowest BCUT2D eigenvalue weighted by atomic mass is 10.1. The van der Waals surface area contributed by atoms with Crippen molar-refractivity contribution < 1.29 is 9.32 Å². The van der Waals surface area contributed by atoms with E-state index in [0.717, 1.165) is 38.0 Å². The Morgan fingerprint density at radius 3 is 2.83 bits per heavy atom. The number of hydrogen-bond donors (Lipinski definition) is 1. The zero-order chi connectivity index (χ0) is 15.4. The first-order valence-electron chi connectivity index (χ1n) is 7.83. The predicted molar refractivity (Wildman–Crippen MR) is 91.8 cm³/mol. The molecule has 1 amide bonds. The highest BCUT2D eigenvalue weighted by Crippen LogP contribution is 2.21. The van der Waals surface area contributed by atoms with E-state index in [9.17, 15) is 4.79 Å². The van der Waals surface area contributed by atoms with Crippen molar-refractivity contribution in [3.05, 3.63) is 42.2 Å². The maximum Gasteiger partial charge on any atom is 0.292 e. The van der Waals surface area contributed by atoms with Crippen molar-refractivity contribution in [2.45, 2.75) is 25.8 Å². The van der Waals surface area contributed by atoms with Gasteiger partial charge in [-0.2, -0.15) is 0 Å². The Morgan fingerprint density at radius 2 is 2.17 bits per heavy atom. The Bertz CT molecular complexity index is 624. The van der Waals surface area contributed by atoms with E-state index in [1.807, 2.05) is 35.2 Å². The quantitative estimate of drug-likeness (QED) is 0.912. The van der Waals surface area contributed by atoms with Gasteiger partial charge in [0, 0.05) is 30.8 Å². The van der Waals surface area contributed by atoms with Gasteiger partial charge in [0.05, 0.1) is 0 Å². The molecule has 124 valence electrons. The number of hydrogen-bond acceptors (Lipinski definition) is 4. The van der Waals surface area contributed by atoms with Crippen LogP contribution in [0.2, 0.25) is 0 Å². The highest BCUT2D eigenvalue weighted by Gasteiger charge is 2.29. The molecule has 0 aliphatic carbocycles. The number of halogens is 1. The van der Waals surface area contributed by atoms with Crippen LogP contribution in [0.25, 0.3) is 11.3 Å². The first-order chi connectivity index (χ1) is 10.8. The van der Waals surface area contributed by atoms with Crippen LogP contribution >= 0.6 is 12.4 Å². The number of carbonyl (C=O) groups excluding carboxylic acids is 1. The second-order valence-corrected chi connectivity index (χ2v) is 5.59. The van der Waals surface area contributed by atoms with Crippen LogP contribution in [0, 0.1) is 0 Å². The van der Waals surface area contributed by atoms with Crippen molar-refractivity contribution in [3.63, 3.8) is 0 Å². The van der Waals surface area contributed by atoms with E-state index < -0.39 is 0 Å². The van der Waals surface area contributed by atoms with Gasteiger partial charge in [-0.25, -0.2) is 0 Å². The summed E-state index contributed by atoms with van der Waals surface area (Å²) in [4.78, 5) is 14.6. The Morgan fingerprint density at radius 1 is 1.39 bits per heavy atom. The zero-order valence-electron chi connectivity index (χ0n) is 13.2. The summed E-state index contributed by atoms with van der Waals surface area (Å²) < 4.78 is 5.31. The molecule has 0 saturated carbocycles. The molecule has 1 aromatic carbocycles. The third-order valence-corrected chi connectivity index (χ3v) is 3.99. The molecule has 6 heteroatoms. The van der Waals surface area contributed by atoms with Gasteiger partial charge in [0.15, 0.2) is 0 Å². The summed E-state index contributed by atoms with van der Waals surface area (Å²) in [6.07, 6.45) is 1.92. The van der Waals surface area contributed by atoms with Gasteiger partial charge in [-0.15, -0.1) is 12.4 Å². The fourth-order valence-corrected chi connectivity index (χ4v) is 2.86. The lowest BCUT2D eigenvalue weighted by Crippen LogP contribution is -2.41. The van der Waals surface area contributed by atoms with Crippen molar-refractivity contribution in [2.75, 3.05) is 19.6 Å². The summed E-state index contributed by atoms with van der Waals surface area (Å²) in [5, 5.41) is 7.35. The SMILES string of the molecule is CCCN(C(=O)c1cc(-c2ccccc2)no1)C1CCNC1.Cl. The third-order valence-electron chi connectivity index (χ3n) is 3.99. The maximum atomic E-state index is 12.7. The zero-order valence-corrected chi connectivity index (χ0v) is 14.0. The minimum absolute atomic E-state index is 0. The Balaban J connectivity index is 0.00000192. The lowest BCUT2D eigenvalue weighted by molar-refractivity contribution is 0.0650. The summed E-state index contributed by atoms with van der Waals surface area (Å²) in [5.74, 6) is 0.254. The van der Waals surface area contributed by atoms with Crippen LogP contribution < -0.4 is 5.32 Å². The first kappa shape index (κ1) is 17.5. The van der Waals surface area contributed by atoms with Crippen LogP contribution in [0.5, 0.6) is 0 Å². The number of nitrogens with zero attached hydrogens (tertiary/aromatic N) is 2. The Hall–Kier alpha value is -1.85. The van der Waals surface area contributed by atoms with Crippen LogP contribution in [0.3, 0.4) is 0 Å². The average Bonchev–Trinajstić information content (AvgIpc) is 3.24. The van der Waals surface area contributed by atoms with Crippen LogP contribution in [0.1, 0.15) is 30.3 Å². The molecule has 1 atom stereocenters. The molecule has 1 aliphatic rings. The minimum atomic E-state index is -0.0646. The minimum Gasteiger partial charge on any atom is -0.350 e. The molecule has 1 aliphatic heterocycles. The number of benzene rings is 1. The normalized spacial score (nSPS) is 16.8. The molecule has 23 heavy (non-hydrogen) atoms. The van der Waals surface area contributed by atoms with Crippen molar-refractivity contribution in [1.29, 1.82) is 0 Å². The van der Waals surface area contributed by atoms with Crippen molar-refractivity contribution in [2.24, 2.45) is 0 Å². The first-order valence-corrected chi connectivity index (χ1v) is 7.83. The van der Waals surface area contributed by atoms with E-state index in [2.05, 4.69) is 17.4 Å². The molecule has 3 rings (SSSR count). The van der Waals surface area contributed by atoms with Gasteiger partial charge in [0.2, 0.25) is 5.76 Å². The summed E-state index contributed by atoms with van der Waals surface area (Å²) in [6.45, 7) is 4.64. The van der Waals surface area contributed by atoms with Crippen LogP contribution in [0.4, 0.5) is 0 Å². The van der Waals surface area contributed by atoms with Gasteiger partial charge in [-0.05, 0) is 19.4 Å². The number of nitrogens with one attached hydrogen (secondary N) is 1. The molecule has 1 aromatic heterocycles. The van der Waals surface area contributed by atoms with Crippen LogP contribution in [-0.2, 0) is 0 Å². The molecular weight excluding hydrogens is 314 g/mol.